The fraction of sp³-hybridized carbons (Fsp3) is 0.632. The van der Waals surface area contributed by atoms with Crippen LogP contribution in [0.1, 0.15) is 44.6 Å². The van der Waals surface area contributed by atoms with Crippen molar-refractivity contribution in [1.29, 1.82) is 0 Å². The highest BCUT2D eigenvalue weighted by Gasteiger charge is 2.49. The third-order valence-corrected chi connectivity index (χ3v) is 6.09. The van der Waals surface area contributed by atoms with Crippen LogP contribution in [0.5, 0.6) is 0 Å². The van der Waals surface area contributed by atoms with Crippen molar-refractivity contribution in [2.75, 3.05) is 27.2 Å². The van der Waals surface area contributed by atoms with Crippen LogP contribution in [-0.2, 0) is 10.3 Å². The number of likely N-dealkylation sites (tertiary alicyclic amines) is 1. The average molecular weight is 300 g/mol. The normalized spacial score (nSPS) is 32.2. The number of nitrogens with zero attached hydrogens (tertiary/aromatic N) is 2. The molecule has 1 aliphatic heterocycles. The standard InChI is InChI=1S/C19H28N2O/c1-4-21-15-18(14-17(21)22)10-12-19(13-11-18,20(2)3)16-8-6-5-7-9-16/h5-9H,4,10-15H2,1-3H3/t18-,19+. The van der Waals surface area contributed by atoms with Gasteiger partial charge in [-0.1, -0.05) is 30.3 Å². The summed E-state index contributed by atoms with van der Waals surface area (Å²) in [6.45, 7) is 3.92. The van der Waals surface area contributed by atoms with Crippen molar-refractivity contribution >= 4 is 5.91 Å². The van der Waals surface area contributed by atoms with E-state index in [2.05, 4.69) is 56.3 Å². The second-order valence-corrected chi connectivity index (χ2v) is 7.38. The summed E-state index contributed by atoms with van der Waals surface area (Å²) in [4.78, 5) is 16.6. The third kappa shape index (κ3) is 2.45. The topological polar surface area (TPSA) is 23.6 Å². The number of benzene rings is 1. The lowest BCUT2D eigenvalue weighted by atomic mass is 9.64. The van der Waals surface area contributed by atoms with Crippen molar-refractivity contribution in [3.05, 3.63) is 35.9 Å². The first kappa shape index (κ1) is 15.5. The van der Waals surface area contributed by atoms with Crippen LogP contribution in [0, 0.1) is 5.41 Å². The maximum atomic E-state index is 12.2. The van der Waals surface area contributed by atoms with E-state index in [9.17, 15) is 4.79 Å². The second-order valence-electron chi connectivity index (χ2n) is 7.38. The van der Waals surface area contributed by atoms with Gasteiger partial charge in [0.1, 0.15) is 0 Å². The van der Waals surface area contributed by atoms with Gasteiger partial charge in [0.2, 0.25) is 5.91 Å². The van der Waals surface area contributed by atoms with E-state index in [4.69, 9.17) is 0 Å². The summed E-state index contributed by atoms with van der Waals surface area (Å²) in [6, 6.07) is 10.9. The molecule has 3 heteroatoms. The molecule has 22 heavy (non-hydrogen) atoms. The molecule has 2 fully saturated rings. The quantitative estimate of drug-likeness (QED) is 0.855. The average Bonchev–Trinajstić information content (AvgIpc) is 2.85. The molecule has 3 nitrogen and oxygen atoms in total. The van der Waals surface area contributed by atoms with Gasteiger partial charge in [-0.05, 0) is 57.7 Å². The van der Waals surface area contributed by atoms with Crippen molar-refractivity contribution in [2.45, 2.75) is 44.6 Å². The Hall–Kier alpha value is -1.35. The van der Waals surface area contributed by atoms with Gasteiger partial charge in [-0.25, -0.2) is 0 Å². The largest absolute Gasteiger partial charge is 0.342 e. The van der Waals surface area contributed by atoms with Gasteiger partial charge in [-0.3, -0.25) is 9.69 Å². The summed E-state index contributed by atoms with van der Waals surface area (Å²) in [5.41, 5.74) is 1.79. The Morgan fingerprint density at radius 3 is 2.23 bits per heavy atom. The predicted octanol–water partition coefficient (Wildman–Crippen LogP) is 3.26. The monoisotopic (exact) mass is 300 g/mol. The van der Waals surface area contributed by atoms with Gasteiger partial charge in [0, 0.05) is 25.0 Å². The molecule has 0 radical (unpaired) electrons. The lowest BCUT2D eigenvalue weighted by Gasteiger charge is -2.48. The molecule has 0 bridgehead atoms. The fourth-order valence-electron chi connectivity index (χ4n) is 4.54. The molecule has 0 atom stereocenters. The zero-order chi connectivity index (χ0) is 15.8. The summed E-state index contributed by atoms with van der Waals surface area (Å²) >= 11 is 0. The Labute approximate surface area is 134 Å². The van der Waals surface area contributed by atoms with Crippen molar-refractivity contribution < 1.29 is 4.79 Å². The summed E-state index contributed by atoms with van der Waals surface area (Å²) in [6.07, 6.45) is 5.37. The molecule has 1 aliphatic carbocycles. The second kappa shape index (κ2) is 5.69. The van der Waals surface area contributed by atoms with E-state index in [1.807, 2.05) is 4.90 Å². The van der Waals surface area contributed by atoms with Crippen LogP contribution in [0.15, 0.2) is 30.3 Å². The highest BCUT2D eigenvalue weighted by atomic mass is 16.2. The zero-order valence-electron chi connectivity index (χ0n) is 14.1. The molecule has 120 valence electrons. The molecule has 1 amide bonds. The molecule has 0 unspecified atom stereocenters. The SMILES string of the molecule is CCN1C[C@]2(CC[C@@](c3ccccc3)(N(C)C)CC2)CC1=O. The van der Waals surface area contributed by atoms with Gasteiger partial charge in [0.25, 0.3) is 0 Å². The smallest absolute Gasteiger partial charge is 0.223 e. The summed E-state index contributed by atoms with van der Waals surface area (Å²) in [7, 11) is 4.40. The third-order valence-electron chi connectivity index (χ3n) is 6.09. The molecule has 2 aliphatic rings. The van der Waals surface area contributed by atoms with Crippen LogP contribution in [0.2, 0.25) is 0 Å². The van der Waals surface area contributed by atoms with Crippen LogP contribution < -0.4 is 0 Å². The maximum absolute atomic E-state index is 12.2. The van der Waals surface area contributed by atoms with E-state index in [1.165, 1.54) is 5.56 Å². The molecule has 1 spiro atoms. The lowest BCUT2D eigenvalue weighted by Crippen LogP contribution is -2.47. The molecular formula is C19H28N2O. The van der Waals surface area contributed by atoms with Gasteiger partial charge in [-0.15, -0.1) is 0 Å². The molecule has 1 heterocycles. The number of carbonyl (C=O) groups excluding carboxylic acids is 1. The first-order valence-electron chi connectivity index (χ1n) is 8.52. The first-order valence-corrected chi connectivity index (χ1v) is 8.52. The van der Waals surface area contributed by atoms with Crippen LogP contribution in [0.25, 0.3) is 0 Å². The Morgan fingerprint density at radius 1 is 1.09 bits per heavy atom. The van der Waals surface area contributed by atoms with Gasteiger partial charge in [-0.2, -0.15) is 0 Å². The van der Waals surface area contributed by atoms with E-state index in [0.29, 0.717) is 5.91 Å². The minimum atomic E-state index is 0.134. The van der Waals surface area contributed by atoms with Crippen LogP contribution in [0.4, 0.5) is 0 Å². The summed E-state index contributed by atoms with van der Waals surface area (Å²) < 4.78 is 0. The highest BCUT2D eigenvalue weighted by Crippen LogP contribution is 2.51. The minimum absolute atomic E-state index is 0.134. The van der Waals surface area contributed by atoms with Crippen molar-refractivity contribution in [1.82, 2.24) is 9.80 Å². The van der Waals surface area contributed by atoms with Crippen molar-refractivity contribution in [3.8, 4) is 0 Å². The molecule has 1 aromatic carbocycles. The first-order chi connectivity index (χ1) is 10.5. The molecule has 1 saturated heterocycles. The molecular weight excluding hydrogens is 272 g/mol. The van der Waals surface area contributed by atoms with Crippen molar-refractivity contribution in [2.24, 2.45) is 5.41 Å². The van der Waals surface area contributed by atoms with Crippen LogP contribution >= 0.6 is 0 Å². The van der Waals surface area contributed by atoms with E-state index in [1.54, 1.807) is 0 Å². The number of hydrogen-bond donors (Lipinski definition) is 0. The highest BCUT2D eigenvalue weighted by molar-refractivity contribution is 5.79. The minimum Gasteiger partial charge on any atom is -0.342 e. The van der Waals surface area contributed by atoms with Crippen LogP contribution in [0.3, 0.4) is 0 Å². The van der Waals surface area contributed by atoms with E-state index in [-0.39, 0.29) is 11.0 Å². The number of carbonyl (C=O) groups is 1. The molecule has 1 saturated carbocycles. The molecule has 0 N–H and O–H groups in total. The predicted molar refractivity (Wildman–Crippen MR) is 89.6 cm³/mol. The number of rotatable bonds is 3. The van der Waals surface area contributed by atoms with Crippen LogP contribution in [-0.4, -0.2) is 42.9 Å². The van der Waals surface area contributed by atoms with E-state index in [0.717, 1.165) is 45.2 Å². The van der Waals surface area contributed by atoms with Gasteiger partial charge in [0.15, 0.2) is 0 Å². The Kier molecular flexibility index (Phi) is 4.02. The zero-order valence-corrected chi connectivity index (χ0v) is 14.1. The van der Waals surface area contributed by atoms with Gasteiger partial charge >= 0.3 is 0 Å². The Morgan fingerprint density at radius 2 is 1.73 bits per heavy atom. The van der Waals surface area contributed by atoms with Crippen molar-refractivity contribution in [3.63, 3.8) is 0 Å². The molecule has 1 aromatic rings. The fourth-order valence-corrected chi connectivity index (χ4v) is 4.54. The maximum Gasteiger partial charge on any atom is 0.223 e. The van der Waals surface area contributed by atoms with Gasteiger partial charge in [0.05, 0.1) is 0 Å². The number of hydrogen-bond acceptors (Lipinski definition) is 2. The van der Waals surface area contributed by atoms with E-state index >= 15 is 0 Å². The Balaban J connectivity index is 1.81. The summed E-state index contributed by atoms with van der Waals surface area (Å²) in [5.74, 6) is 0.361. The molecule has 3 rings (SSSR count). The molecule has 0 aromatic heterocycles. The Bertz CT molecular complexity index is 530. The van der Waals surface area contributed by atoms with E-state index < -0.39 is 0 Å². The summed E-state index contributed by atoms with van der Waals surface area (Å²) in [5, 5.41) is 0. The van der Waals surface area contributed by atoms with Gasteiger partial charge < -0.3 is 4.90 Å². The number of amides is 1. The lowest BCUT2D eigenvalue weighted by molar-refractivity contribution is -0.127.